The summed E-state index contributed by atoms with van der Waals surface area (Å²) in [5.41, 5.74) is 2.37. The first kappa shape index (κ1) is 13.4. The van der Waals surface area contributed by atoms with E-state index in [4.69, 9.17) is 4.74 Å². The standard InChI is InChI=1S/C16H19NO2/c1-19-16-7-5-13(6-8-16)9-10-17-12-14-3-2-4-15(18)11-14/h2-8,11,17-18H,9-10,12H2,1H3. The Kier molecular flexibility index (Phi) is 4.81. The molecule has 0 heterocycles. The van der Waals surface area contributed by atoms with Crippen LogP contribution in [0.5, 0.6) is 11.5 Å². The fourth-order valence-electron chi connectivity index (χ4n) is 1.92. The van der Waals surface area contributed by atoms with Crippen LogP contribution in [0.1, 0.15) is 11.1 Å². The molecular formula is C16H19NO2. The quantitative estimate of drug-likeness (QED) is 0.782. The zero-order valence-corrected chi connectivity index (χ0v) is 11.1. The van der Waals surface area contributed by atoms with Crippen LogP contribution in [0.4, 0.5) is 0 Å². The maximum atomic E-state index is 9.36. The zero-order chi connectivity index (χ0) is 13.5. The second kappa shape index (κ2) is 6.81. The number of benzene rings is 2. The van der Waals surface area contributed by atoms with Crippen LogP contribution >= 0.6 is 0 Å². The van der Waals surface area contributed by atoms with E-state index in [0.29, 0.717) is 5.75 Å². The number of rotatable bonds is 6. The molecule has 3 nitrogen and oxygen atoms in total. The van der Waals surface area contributed by atoms with Gasteiger partial charge >= 0.3 is 0 Å². The third-order valence-corrected chi connectivity index (χ3v) is 2.99. The average Bonchev–Trinajstić information content (AvgIpc) is 2.44. The molecule has 0 aliphatic rings. The fraction of sp³-hybridized carbons (Fsp3) is 0.250. The summed E-state index contributed by atoms with van der Waals surface area (Å²) >= 11 is 0. The van der Waals surface area contributed by atoms with E-state index in [1.165, 1.54) is 5.56 Å². The SMILES string of the molecule is COc1ccc(CCNCc2cccc(O)c2)cc1. The highest BCUT2D eigenvalue weighted by atomic mass is 16.5. The lowest BCUT2D eigenvalue weighted by molar-refractivity contribution is 0.414. The molecular weight excluding hydrogens is 238 g/mol. The van der Waals surface area contributed by atoms with Gasteiger partial charge in [-0.3, -0.25) is 0 Å². The minimum absolute atomic E-state index is 0.314. The van der Waals surface area contributed by atoms with Crippen LogP contribution in [0.2, 0.25) is 0 Å². The molecule has 2 rings (SSSR count). The van der Waals surface area contributed by atoms with Crippen LogP contribution < -0.4 is 10.1 Å². The van der Waals surface area contributed by atoms with Crippen LogP contribution in [-0.4, -0.2) is 18.8 Å². The largest absolute Gasteiger partial charge is 0.508 e. The van der Waals surface area contributed by atoms with Crippen molar-refractivity contribution in [3.8, 4) is 11.5 Å². The highest BCUT2D eigenvalue weighted by molar-refractivity contribution is 5.28. The third kappa shape index (κ3) is 4.30. The first-order chi connectivity index (χ1) is 9.28. The molecule has 2 aromatic carbocycles. The van der Waals surface area contributed by atoms with Crippen LogP contribution in [0.15, 0.2) is 48.5 Å². The van der Waals surface area contributed by atoms with Crippen molar-refractivity contribution in [2.24, 2.45) is 0 Å². The van der Waals surface area contributed by atoms with Gasteiger partial charge in [0.05, 0.1) is 7.11 Å². The number of phenolic OH excluding ortho intramolecular Hbond substituents is 1. The zero-order valence-electron chi connectivity index (χ0n) is 11.1. The lowest BCUT2D eigenvalue weighted by Crippen LogP contribution is -2.16. The fourth-order valence-corrected chi connectivity index (χ4v) is 1.92. The number of hydrogen-bond donors (Lipinski definition) is 2. The van der Waals surface area contributed by atoms with Gasteiger partial charge < -0.3 is 15.2 Å². The number of hydrogen-bond acceptors (Lipinski definition) is 3. The lowest BCUT2D eigenvalue weighted by Gasteiger charge is -2.06. The summed E-state index contributed by atoms with van der Waals surface area (Å²) in [7, 11) is 1.67. The Morgan fingerprint density at radius 1 is 1.05 bits per heavy atom. The minimum Gasteiger partial charge on any atom is -0.508 e. The predicted octanol–water partition coefficient (Wildman–Crippen LogP) is 2.73. The van der Waals surface area contributed by atoms with E-state index < -0.39 is 0 Å². The Morgan fingerprint density at radius 2 is 1.84 bits per heavy atom. The van der Waals surface area contributed by atoms with E-state index in [9.17, 15) is 5.11 Å². The molecule has 2 aromatic rings. The third-order valence-electron chi connectivity index (χ3n) is 2.99. The van der Waals surface area contributed by atoms with Crippen LogP contribution in [0.25, 0.3) is 0 Å². The van der Waals surface area contributed by atoms with Crippen molar-refractivity contribution in [3.63, 3.8) is 0 Å². The molecule has 0 atom stereocenters. The Morgan fingerprint density at radius 3 is 2.53 bits per heavy atom. The molecule has 0 aliphatic carbocycles. The second-order valence-electron chi connectivity index (χ2n) is 4.44. The first-order valence-electron chi connectivity index (χ1n) is 6.39. The molecule has 0 amide bonds. The van der Waals surface area contributed by atoms with Gasteiger partial charge in [-0.05, 0) is 48.4 Å². The highest BCUT2D eigenvalue weighted by Gasteiger charge is 1.96. The van der Waals surface area contributed by atoms with Gasteiger partial charge in [-0.25, -0.2) is 0 Å². The molecule has 0 bridgehead atoms. The van der Waals surface area contributed by atoms with Crippen molar-refractivity contribution in [1.29, 1.82) is 0 Å². The maximum Gasteiger partial charge on any atom is 0.118 e. The predicted molar refractivity (Wildman–Crippen MR) is 76.5 cm³/mol. The Labute approximate surface area is 113 Å². The number of phenols is 1. The smallest absolute Gasteiger partial charge is 0.118 e. The second-order valence-corrected chi connectivity index (χ2v) is 4.44. The van der Waals surface area contributed by atoms with Gasteiger partial charge in [-0.1, -0.05) is 24.3 Å². The molecule has 100 valence electrons. The summed E-state index contributed by atoms with van der Waals surface area (Å²) in [6.07, 6.45) is 0.975. The van der Waals surface area contributed by atoms with Gasteiger partial charge in [0.25, 0.3) is 0 Å². The molecule has 0 fully saturated rings. The number of ether oxygens (including phenoxy) is 1. The Hall–Kier alpha value is -2.00. The van der Waals surface area contributed by atoms with E-state index in [2.05, 4.69) is 17.4 Å². The Bertz CT molecular complexity index is 508. The number of nitrogens with one attached hydrogen (secondary N) is 1. The van der Waals surface area contributed by atoms with Gasteiger partial charge in [0, 0.05) is 6.54 Å². The molecule has 0 spiro atoms. The summed E-state index contributed by atoms with van der Waals surface area (Å²) < 4.78 is 5.12. The van der Waals surface area contributed by atoms with Gasteiger partial charge in [0.1, 0.15) is 11.5 Å². The molecule has 0 saturated carbocycles. The van der Waals surface area contributed by atoms with E-state index >= 15 is 0 Å². The first-order valence-corrected chi connectivity index (χ1v) is 6.39. The molecule has 19 heavy (non-hydrogen) atoms. The van der Waals surface area contributed by atoms with Gasteiger partial charge in [-0.15, -0.1) is 0 Å². The topological polar surface area (TPSA) is 41.5 Å². The van der Waals surface area contributed by atoms with Crippen molar-refractivity contribution in [1.82, 2.24) is 5.32 Å². The van der Waals surface area contributed by atoms with Crippen molar-refractivity contribution >= 4 is 0 Å². The molecule has 0 saturated heterocycles. The number of aromatic hydroxyl groups is 1. The van der Waals surface area contributed by atoms with Gasteiger partial charge in [-0.2, -0.15) is 0 Å². The number of methoxy groups -OCH3 is 1. The average molecular weight is 257 g/mol. The lowest BCUT2D eigenvalue weighted by atomic mass is 10.1. The van der Waals surface area contributed by atoms with Crippen molar-refractivity contribution in [3.05, 3.63) is 59.7 Å². The molecule has 3 heteroatoms. The highest BCUT2D eigenvalue weighted by Crippen LogP contribution is 2.12. The summed E-state index contributed by atoms with van der Waals surface area (Å²) in [4.78, 5) is 0. The molecule has 0 unspecified atom stereocenters. The van der Waals surface area contributed by atoms with Crippen molar-refractivity contribution in [2.45, 2.75) is 13.0 Å². The van der Waals surface area contributed by atoms with E-state index in [0.717, 1.165) is 30.8 Å². The normalized spacial score (nSPS) is 10.4. The van der Waals surface area contributed by atoms with E-state index in [1.54, 1.807) is 19.2 Å². The van der Waals surface area contributed by atoms with Gasteiger partial charge in [0.15, 0.2) is 0 Å². The minimum atomic E-state index is 0.314. The summed E-state index contributed by atoms with van der Waals surface area (Å²) in [6, 6.07) is 15.4. The molecule has 0 aromatic heterocycles. The molecule has 0 aliphatic heterocycles. The van der Waals surface area contributed by atoms with E-state index in [-0.39, 0.29) is 0 Å². The van der Waals surface area contributed by atoms with Crippen molar-refractivity contribution in [2.75, 3.05) is 13.7 Å². The molecule has 2 N–H and O–H groups in total. The maximum absolute atomic E-state index is 9.36. The van der Waals surface area contributed by atoms with Crippen LogP contribution in [-0.2, 0) is 13.0 Å². The van der Waals surface area contributed by atoms with Crippen LogP contribution in [0.3, 0.4) is 0 Å². The van der Waals surface area contributed by atoms with Crippen molar-refractivity contribution < 1.29 is 9.84 Å². The van der Waals surface area contributed by atoms with Gasteiger partial charge in [0.2, 0.25) is 0 Å². The summed E-state index contributed by atoms with van der Waals surface area (Å²) in [5, 5.41) is 12.7. The molecule has 0 radical (unpaired) electrons. The Balaban J connectivity index is 1.74. The summed E-state index contributed by atoms with van der Waals surface area (Å²) in [5.74, 6) is 1.20. The summed E-state index contributed by atoms with van der Waals surface area (Å²) in [6.45, 7) is 1.67. The van der Waals surface area contributed by atoms with E-state index in [1.807, 2.05) is 24.3 Å². The monoisotopic (exact) mass is 257 g/mol. The van der Waals surface area contributed by atoms with Crippen LogP contribution in [0, 0.1) is 0 Å².